The van der Waals surface area contributed by atoms with Gasteiger partial charge in [-0.05, 0) is 55.0 Å². The fourth-order valence-electron chi connectivity index (χ4n) is 4.80. The molecule has 0 saturated carbocycles. The van der Waals surface area contributed by atoms with Gasteiger partial charge in [0.15, 0.2) is 10.9 Å². The molecule has 5 nitrogen and oxygen atoms in total. The van der Waals surface area contributed by atoms with E-state index in [1.165, 1.54) is 17.3 Å². The van der Waals surface area contributed by atoms with Crippen LogP contribution in [0.25, 0.3) is 16.7 Å². The molecule has 2 heterocycles. The molecule has 3 aromatic carbocycles. The van der Waals surface area contributed by atoms with Crippen molar-refractivity contribution in [3.63, 3.8) is 0 Å². The summed E-state index contributed by atoms with van der Waals surface area (Å²) in [6.45, 7) is 6.95. The first-order valence-electron chi connectivity index (χ1n) is 11.8. The number of carbonyl (C=O) groups is 1. The van der Waals surface area contributed by atoms with Crippen molar-refractivity contribution in [2.45, 2.75) is 31.3 Å². The molecule has 0 bridgehead atoms. The van der Waals surface area contributed by atoms with Gasteiger partial charge in [0.2, 0.25) is 0 Å². The van der Waals surface area contributed by atoms with E-state index in [9.17, 15) is 4.79 Å². The number of imidazole rings is 1. The van der Waals surface area contributed by atoms with Crippen LogP contribution >= 0.6 is 11.8 Å². The molecule has 0 aliphatic carbocycles. The Kier molecular flexibility index (Phi) is 6.15. The van der Waals surface area contributed by atoms with E-state index >= 15 is 0 Å². The molecule has 1 aliphatic heterocycles. The van der Waals surface area contributed by atoms with E-state index in [2.05, 4.69) is 47.6 Å². The van der Waals surface area contributed by atoms with Gasteiger partial charge in [-0.15, -0.1) is 0 Å². The van der Waals surface area contributed by atoms with E-state index in [0.29, 0.717) is 12.4 Å². The molecule has 1 aliphatic rings. The smallest absolute Gasteiger partial charge is 0.174 e. The van der Waals surface area contributed by atoms with Crippen molar-refractivity contribution < 1.29 is 9.53 Å². The summed E-state index contributed by atoms with van der Waals surface area (Å²) in [5.74, 6) is 1.22. The van der Waals surface area contributed by atoms with Crippen LogP contribution in [0.5, 0.6) is 5.75 Å². The molecule has 0 radical (unpaired) electrons. The Morgan fingerprint density at radius 1 is 1.03 bits per heavy atom. The highest BCUT2D eigenvalue weighted by Gasteiger charge is 2.38. The highest BCUT2D eigenvalue weighted by atomic mass is 32.2. The predicted octanol–water partition coefficient (Wildman–Crippen LogP) is 6.40. The lowest BCUT2D eigenvalue weighted by Gasteiger charge is -2.23. The van der Waals surface area contributed by atoms with Gasteiger partial charge in [0.25, 0.3) is 0 Å². The average Bonchev–Trinajstić information content (AvgIpc) is 3.32. The molecule has 0 saturated heterocycles. The van der Waals surface area contributed by atoms with Gasteiger partial charge in [0.1, 0.15) is 5.75 Å². The van der Waals surface area contributed by atoms with Crippen LogP contribution in [0.2, 0.25) is 0 Å². The topological polar surface area (TPSA) is 47.4 Å². The third-order valence-electron chi connectivity index (χ3n) is 6.52. The first-order chi connectivity index (χ1) is 16.9. The number of hydrogen-bond donors (Lipinski definition) is 0. The van der Waals surface area contributed by atoms with Crippen molar-refractivity contribution in [3.8, 4) is 11.4 Å². The number of nitrogens with zero attached hydrogens (tertiary/aromatic N) is 3. The summed E-state index contributed by atoms with van der Waals surface area (Å²) >= 11 is 1.47. The number of ether oxygens (including phenoxy) is 1. The Hall–Kier alpha value is -3.51. The fourth-order valence-corrected chi connectivity index (χ4v) is 5.65. The summed E-state index contributed by atoms with van der Waals surface area (Å²) in [6, 6.07) is 24.4. The van der Waals surface area contributed by atoms with E-state index in [4.69, 9.17) is 9.72 Å². The molecule has 0 N–H and O–H groups in total. The second-order valence-corrected chi connectivity index (χ2v) is 10.1. The lowest BCUT2D eigenvalue weighted by atomic mass is 9.83. The van der Waals surface area contributed by atoms with Gasteiger partial charge < -0.3 is 9.64 Å². The molecule has 0 fully saturated rings. The fraction of sp³-hybridized carbons (Fsp3) is 0.241. The molecule has 178 valence electrons. The molecule has 4 aromatic rings. The van der Waals surface area contributed by atoms with E-state index in [0.717, 1.165) is 39.0 Å². The number of thioether (sulfide) groups is 1. The SMILES string of the molecule is CCOc1ccc(-n2c(SCC(=O)C=C3N(C)c4ccccc4C3(C)C)nc3ccccc32)cc1. The molecule has 5 rings (SSSR count). The van der Waals surface area contributed by atoms with E-state index < -0.39 is 0 Å². The van der Waals surface area contributed by atoms with Gasteiger partial charge in [0.05, 0.1) is 23.4 Å². The van der Waals surface area contributed by atoms with Gasteiger partial charge in [-0.3, -0.25) is 9.36 Å². The first kappa shape index (κ1) is 23.2. The van der Waals surface area contributed by atoms with Crippen LogP contribution in [-0.2, 0) is 10.2 Å². The Labute approximate surface area is 210 Å². The Bertz CT molecular complexity index is 1420. The lowest BCUT2D eigenvalue weighted by molar-refractivity contribution is -0.112. The number of para-hydroxylation sites is 3. The molecular weight excluding hydrogens is 454 g/mol. The van der Waals surface area contributed by atoms with Gasteiger partial charge in [-0.2, -0.15) is 0 Å². The molecule has 0 spiro atoms. The van der Waals surface area contributed by atoms with Crippen molar-refractivity contribution in [3.05, 3.63) is 90.1 Å². The number of anilines is 1. The first-order valence-corrected chi connectivity index (χ1v) is 12.8. The number of allylic oxidation sites excluding steroid dienone is 2. The predicted molar refractivity (Wildman–Crippen MR) is 144 cm³/mol. The van der Waals surface area contributed by atoms with Crippen LogP contribution in [0.15, 0.2) is 89.7 Å². The summed E-state index contributed by atoms with van der Waals surface area (Å²) in [5, 5.41) is 0.796. The van der Waals surface area contributed by atoms with Crippen molar-refractivity contribution >= 4 is 34.3 Å². The van der Waals surface area contributed by atoms with Crippen molar-refractivity contribution in [2.24, 2.45) is 0 Å². The number of ketones is 1. The van der Waals surface area contributed by atoms with Crippen LogP contribution in [0.4, 0.5) is 5.69 Å². The van der Waals surface area contributed by atoms with E-state index in [1.54, 1.807) is 6.08 Å². The Balaban J connectivity index is 1.42. The van der Waals surface area contributed by atoms with Gasteiger partial charge in [0, 0.05) is 35.6 Å². The van der Waals surface area contributed by atoms with Crippen molar-refractivity contribution in [1.82, 2.24) is 9.55 Å². The zero-order valence-electron chi connectivity index (χ0n) is 20.5. The maximum atomic E-state index is 13.2. The van der Waals surface area contributed by atoms with Gasteiger partial charge in [-0.25, -0.2) is 4.98 Å². The highest BCUT2D eigenvalue weighted by Crippen LogP contribution is 2.46. The van der Waals surface area contributed by atoms with Crippen molar-refractivity contribution in [2.75, 3.05) is 24.3 Å². The standard InChI is InChI=1S/C29H29N3O2S/c1-5-34-22-16-14-20(15-17-22)32-26-13-9-7-11-24(26)30-28(32)35-19-21(33)18-27-29(2,3)23-10-6-8-12-25(23)31(27)4/h6-18H,5,19H2,1-4H3. The minimum absolute atomic E-state index is 0.0723. The Morgan fingerprint density at radius 3 is 2.49 bits per heavy atom. The van der Waals surface area contributed by atoms with Crippen LogP contribution in [0.3, 0.4) is 0 Å². The zero-order chi connectivity index (χ0) is 24.6. The van der Waals surface area contributed by atoms with Gasteiger partial charge >= 0.3 is 0 Å². The minimum Gasteiger partial charge on any atom is -0.494 e. The monoisotopic (exact) mass is 483 g/mol. The maximum Gasteiger partial charge on any atom is 0.174 e. The molecule has 1 aromatic heterocycles. The quantitative estimate of drug-likeness (QED) is 0.225. The van der Waals surface area contributed by atoms with Crippen LogP contribution in [0.1, 0.15) is 26.3 Å². The van der Waals surface area contributed by atoms with Gasteiger partial charge in [-0.1, -0.05) is 55.9 Å². The van der Waals surface area contributed by atoms with Crippen molar-refractivity contribution in [1.29, 1.82) is 0 Å². The third kappa shape index (κ3) is 4.23. The average molecular weight is 484 g/mol. The van der Waals surface area contributed by atoms with Crippen LogP contribution < -0.4 is 9.64 Å². The number of carbonyl (C=O) groups excluding carboxylic acids is 1. The number of rotatable bonds is 7. The molecule has 35 heavy (non-hydrogen) atoms. The summed E-state index contributed by atoms with van der Waals surface area (Å²) in [7, 11) is 2.03. The van der Waals surface area contributed by atoms with E-state index in [-0.39, 0.29) is 11.2 Å². The molecule has 0 amide bonds. The number of likely N-dealkylation sites (N-methyl/N-ethyl adjacent to an activating group) is 1. The second-order valence-electron chi connectivity index (χ2n) is 9.13. The Morgan fingerprint density at radius 2 is 1.74 bits per heavy atom. The molecule has 0 atom stereocenters. The summed E-state index contributed by atoms with van der Waals surface area (Å²) in [6.07, 6.45) is 1.80. The summed E-state index contributed by atoms with van der Waals surface area (Å²) < 4.78 is 7.71. The zero-order valence-corrected chi connectivity index (χ0v) is 21.3. The summed E-state index contributed by atoms with van der Waals surface area (Å²) in [5.41, 5.74) is 6.10. The molecule has 6 heteroatoms. The highest BCUT2D eigenvalue weighted by molar-refractivity contribution is 7.99. The lowest BCUT2D eigenvalue weighted by Crippen LogP contribution is -2.24. The summed E-state index contributed by atoms with van der Waals surface area (Å²) in [4.78, 5) is 20.1. The normalized spacial score (nSPS) is 15.5. The minimum atomic E-state index is -0.221. The number of benzene rings is 3. The molecule has 0 unspecified atom stereocenters. The van der Waals surface area contributed by atoms with E-state index in [1.807, 2.05) is 62.5 Å². The van der Waals surface area contributed by atoms with Crippen LogP contribution in [0, 0.1) is 0 Å². The number of hydrogen-bond acceptors (Lipinski definition) is 5. The largest absolute Gasteiger partial charge is 0.494 e. The van der Waals surface area contributed by atoms with Crippen LogP contribution in [-0.4, -0.2) is 34.7 Å². The molecular formula is C29H29N3O2S. The number of aromatic nitrogens is 2. The third-order valence-corrected chi connectivity index (χ3v) is 7.48. The maximum absolute atomic E-state index is 13.2. The number of fused-ring (bicyclic) bond motifs is 2. The second kappa shape index (κ2) is 9.27.